The van der Waals surface area contributed by atoms with E-state index in [4.69, 9.17) is 10.5 Å². The van der Waals surface area contributed by atoms with Crippen molar-refractivity contribution in [2.75, 3.05) is 0 Å². The first-order valence-corrected chi connectivity index (χ1v) is 7.04. The van der Waals surface area contributed by atoms with Crippen LogP contribution in [0.15, 0.2) is 48.5 Å². The van der Waals surface area contributed by atoms with Gasteiger partial charge >= 0.3 is 0 Å². The highest BCUT2D eigenvalue weighted by atomic mass is 35.5. The van der Waals surface area contributed by atoms with Crippen LogP contribution in [0, 0.1) is 5.82 Å². The van der Waals surface area contributed by atoms with Crippen molar-refractivity contribution in [1.29, 1.82) is 0 Å². The second-order valence-corrected chi connectivity index (χ2v) is 5.07. The van der Waals surface area contributed by atoms with Crippen molar-refractivity contribution in [3.05, 3.63) is 65.5 Å². The monoisotopic (exact) mass is 338 g/mol. The summed E-state index contributed by atoms with van der Waals surface area (Å²) in [6, 6.07) is 13.1. The predicted molar refractivity (Wildman–Crippen MR) is 89.9 cm³/mol. The molecular formula is C17H20ClFN2O2. The molecule has 2 aromatic carbocycles. The number of nitrogens with two attached hydrogens (primary N) is 1. The highest BCUT2D eigenvalue weighted by Crippen LogP contribution is 2.14. The lowest BCUT2D eigenvalue weighted by Crippen LogP contribution is -2.37. The van der Waals surface area contributed by atoms with Crippen molar-refractivity contribution in [1.82, 2.24) is 5.32 Å². The maximum Gasteiger partial charge on any atom is 0.236 e. The van der Waals surface area contributed by atoms with Crippen LogP contribution in [0.2, 0.25) is 0 Å². The standard InChI is InChI=1S/C17H19FN2O2.ClH/c1-12(19)17(21)20-10-13-5-7-16(8-6-13)22-11-14-3-2-4-15(18)9-14;/h2-9,12H,10-11,19H2,1H3,(H,20,21);1H/t12-;/m1./s1. The third kappa shape index (κ3) is 6.26. The summed E-state index contributed by atoms with van der Waals surface area (Å²) in [7, 11) is 0. The number of benzene rings is 2. The van der Waals surface area contributed by atoms with Gasteiger partial charge in [-0.15, -0.1) is 12.4 Å². The fourth-order valence-corrected chi connectivity index (χ4v) is 1.85. The number of hydrogen-bond donors (Lipinski definition) is 2. The Morgan fingerprint density at radius 2 is 1.91 bits per heavy atom. The average Bonchev–Trinajstić information content (AvgIpc) is 2.51. The fourth-order valence-electron chi connectivity index (χ4n) is 1.85. The van der Waals surface area contributed by atoms with E-state index < -0.39 is 6.04 Å². The van der Waals surface area contributed by atoms with Gasteiger partial charge in [-0.2, -0.15) is 0 Å². The van der Waals surface area contributed by atoms with E-state index >= 15 is 0 Å². The van der Waals surface area contributed by atoms with Crippen LogP contribution in [0.3, 0.4) is 0 Å². The minimum Gasteiger partial charge on any atom is -0.489 e. The van der Waals surface area contributed by atoms with Gasteiger partial charge in [-0.1, -0.05) is 24.3 Å². The largest absolute Gasteiger partial charge is 0.489 e. The Morgan fingerprint density at radius 3 is 2.52 bits per heavy atom. The smallest absolute Gasteiger partial charge is 0.236 e. The summed E-state index contributed by atoms with van der Waals surface area (Å²) < 4.78 is 18.6. The summed E-state index contributed by atoms with van der Waals surface area (Å²) in [4.78, 5) is 11.4. The van der Waals surface area contributed by atoms with Crippen molar-refractivity contribution in [2.45, 2.75) is 26.1 Å². The molecule has 1 atom stereocenters. The van der Waals surface area contributed by atoms with Crippen molar-refractivity contribution < 1.29 is 13.9 Å². The molecule has 4 nitrogen and oxygen atoms in total. The van der Waals surface area contributed by atoms with Gasteiger partial charge in [0, 0.05) is 6.54 Å². The van der Waals surface area contributed by atoms with Crippen LogP contribution < -0.4 is 15.8 Å². The lowest BCUT2D eigenvalue weighted by Gasteiger charge is -2.09. The zero-order chi connectivity index (χ0) is 15.9. The zero-order valence-corrected chi connectivity index (χ0v) is 13.6. The van der Waals surface area contributed by atoms with Crippen molar-refractivity contribution in [3.8, 4) is 5.75 Å². The molecule has 0 aromatic heterocycles. The number of carbonyl (C=O) groups excluding carboxylic acids is 1. The van der Waals surface area contributed by atoms with Gasteiger partial charge in [-0.3, -0.25) is 4.79 Å². The van der Waals surface area contributed by atoms with E-state index in [0.29, 0.717) is 18.9 Å². The average molecular weight is 339 g/mol. The van der Waals surface area contributed by atoms with Crippen LogP contribution in [0.5, 0.6) is 5.75 Å². The molecular weight excluding hydrogens is 319 g/mol. The van der Waals surface area contributed by atoms with Crippen LogP contribution in [0.1, 0.15) is 18.1 Å². The van der Waals surface area contributed by atoms with E-state index in [1.54, 1.807) is 19.1 Å². The Labute approximate surface area is 141 Å². The van der Waals surface area contributed by atoms with Gasteiger partial charge in [0.2, 0.25) is 5.91 Å². The number of hydrogen-bond acceptors (Lipinski definition) is 3. The second kappa shape index (κ2) is 9.12. The minimum atomic E-state index is -0.520. The van der Waals surface area contributed by atoms with Gasteiger partial charge in [0.25, 0.3) is 0 Å². The van der Waals surface area contributed by atoms with Gasteiger partial charge in [-0.25, -0.2) is 4.39 Å². The van der Waals surface area contributed by atoms with E-state index in [0.717, 1.165) is 11.1 Å². The molecule has 0 aliphatic carbocycles. The fraction of sp³-hybridized carbons (Fsp3) is 0.235. The molecule has 6 heteroatoms. The first-order valence-electron chi connectivity index (χ1n) is 7.04. The molecule has 0 bridgehead atoms. The quantitative estimate of drug-likeness (QED) is 0.851. The number of rotatable bonds is 6. The van der Waals surface area contributed by atoms with Gasteiger partial charge in [0.1, 0.15) is 18.2 Å². The summed E-state index contributed by atoms with van der Waals surface area (Å²) in [6.07, 6.45) is 0. The second-order valence-electron chi connectivity index (χ2n) is 5.07. The topological polar surface area (TPSA) is 64.4 Å². The first kappa shape index (κ1) is 18.9. The van der Waals surface area contributed by atoms with Crippen molar-refractivity contribution in [2.24, 2.45) is 5.73 Å². The molecule has 3 N–H and O–H groups in total. The number of amides is 1. The van der Waals surface area contributed by atoms with Crippen LogP contribution in [-0.4, -0.2) is 11.9 Å². The Balaban J connectivity index is 0.00000264. The lowest BCUT2D eigenvalue weighted by molar-refractivity contribution is -0.122. The molecule has 2 aromatic rings. The van der Waals surface area contributed by atoms with E-state index in [1.807, 2.05) is 24.3 Å². The highest BCUT2D eigenvalue weighted by molar-refractivity contribution is 5.85. The Morgan fingerprint density at radius 1 is 1.22 bits per heavy atom. The van der Waals surface area contributed by atoms with Gasteiger partial charge in [0.15, 0.2) is 0 Å². The first-order chi connectivity index (χ1) is 10.5. The molecule has 0 radical (unpaired) electrons. The molecule has 2 rings (SSSR count). The third-order valence-corrected chi connectivity index (χ3v) is 3.10. The van der Waals surface area contributed by atoms with Crippen molar-refractivity contribution >= 4 is 18.3 Å². The molecule has 0 aliphatic rings. The Bertz CT molecular complexity index is 633. The predicted octanol–water partition coefficient (Wildman–Crippen LogP) is 2.79. The number of carbonyl (C=O) groups is 1. The lowest BCUT2D eigenvalue weighted by atomic mass is 10.2. The summed E-state index contributed by atoms with van der Waals surface area (Å²) in [5.41, 5.74) is 7.19. The number of ether oxygens (including phenoxy) is 1. The van der Waals surface area contributed by atoms with E-state index in [-0.39, 0.29) is 24.1 Å². The van der Waals surface area contributed by atoms with Gasteiger partial charge in [-0.05, 0) is 42.3 Å². The molecule has 23 heavy (non-hydrogen) atoms. The molecule has 0 saturated carbocycles. The molecule has 0 saturated heterocycles. The molecule has 0 fully saturated rings. The number of halogens is 2. The van der Waals surface area contributed by atoms with Crippen LogP contribution in [0.4, 0.5) is 4.39 Å². The summed E-state index contributed by atoms with van der Waals surface area (Å²) in [6.45, 7) is 2.36. The highest BCUT2D eigenvalue weighted by Gasteiger charge is 2.06. The van der Waals surface area contributed by atoms with Gasteiger partial charge < -0.3 is 15.8 Å². The molecule has 1 amide bonds. The van der Waals surface area contributed by atoms with Crippen LogP contribution >= 0.6 is 12.4 Å². The summed E-state index contributed by atoms with van der Waals surface area (Å²) >= 11 is 0. The Hall–Kier alpha value is -2.11. The van der Waals surface area contributed by atoms with Crippen LogP contribution in [0.25, 0.3) is 0 Å². The summed E-state index contributed by atoms with van der Waals surface area (Å²) in [5.74, 6) is 0.222. The Kier molecular flexibility index (Phi) is 7.51. The maximum atomic E-state index is 13.1. The minimum absolute atomic E-state index is 0. The summed E-state index contributed by atoms with van der Waals surface area (Å²) in [5, 5.41) is 2.74. The van der Waals surface area contributed by atoms with E-state index in [9.17, 15) is 9.18 Å². The molecule has 0 spiro atoms. The molecule has 124 valence electrons. The zero-order valence-electron chi connectivity index (χ0n) is 12.8. The molecule has 0 heterocycles. The molecule has 0 aliphatic heterocycles. The van der Waals surface area contributed by atoms with E-state index in [1.165, 1.54) is 12.1 Å². The van der Waals surface area contributed by atoms with Crippen LogP contribution in [-0.2, 0) is 17.9 Å². The SMILES string of the molecule is C[C@@H](N)C(=O)NCc1ccc(OCc2cccc(F)c2)cc1.Cl. The third-order valence-electron chi connectivity index (χ3n) is 3.10. The van der Waals surface area contributed by atoms with Crippen molar-refractivity contribution in [3.63, 3.8) is 0 Å². The number of nitrogens with one attached hydrogen (secondary N) is 1. The molecule has 0 unspecified atom stereocenters. The van der Waals surface area contributed by atoms with Gasteiger partial charge in [0.05, 0.1) is 6.04 Å². The normalized spacial score (nSPS) is 11.3. The maximum absolute atomic E-state index is 13.1. The van der Waals surface area contributed by atoms with E-state index in [2.05, 4.69) is 5.32 Å².